The van der Waals surface area contributed by atoms with Crippen molar-refractivity contribution in [1.82, 2.24) is 10.2 Å². The summed E-state index contributed by atoms with van der Waals surface area (Å²) in [5.74, 6) is -1.50. The number of nitro groups is 1. The monoisotopic (exact) mass is 493 g/mol. The molecular weight excluding hydrogens is 461 g/mol. The average Bonchev–Trinajstić information content (AvgIpc) is 2.75. The smallest absolute Gasteiger partial charge is 0.360 e. The van der Waals surface area contributed by atoms with Gasteiger partial charge in [0.05, 0.1) is 34.9 Å². The van der Waals surface area contributed by atoms with Crippen molar-refractivity contribution >= 4 is 19.3 Å². The minimum absolute atomic E-state index is 0.143. The fraction of sp³-hybridized carbons (Fsp3) is 0.522. The first-order valence-corrected chi connectivity index (χ1v) is 12.5. The maximum Gasteiger partial charge on any atom is 0.360 e. The predicted octanol–water partition coefficient (Wildman–Crippen LogP) is 4.16. The van der Waals surface area contributed by atoms with Gasteiger partial charge in [-0.3, -0.25) is 14.7 Å². The molecule has 1 N–H and O–H groups in total. The van der Waals surface area contributed by atoms with E-state index in [4.69, 9.17) is 13.8 Å². The molecule has 1 atom stereocenters. The van der Waals surface area contributed by atoms with Crippen LogP contribution < -0.4 is 5.32 Å². The number of benzene rings is 1. The first-order chi connectivity index (χ1) is 15.8. The molecule has 1 saturated heterocycles. The summed E-state index contributed by atoms with van der Waals surface area (Å²) in [6.45, 7) is 8.40. The quantitative estimate of drug-likeness (QED) is 0.258. The third kappa shape index (κ3) is 5.58. The number of hydrogen-bond acceptors (Lipinski definition) is 9. The molecule has 186 valence electrons. The van der Waals surface area contributed by atoms with Gasteiger partial charge >= 0.3 is 13.6 Å². The lowest BCUT2D eigenvalue weighted by molar-refractivity contribution is -0.384. The van der Waals surface area contributed by atoms with Crippen molar-refractivity contribution in [3.63, 3.8) is 0 Å². The van der Waals surface area contributed by atoms with Crippen LogP contribution in [0, 0.1) is 15.5 Å². The van der Waals surface area contributed by atoms with Crippen LogP contribution in [-0.4, -0.2) is 56.3 Å². The summed E-state index contributed by atoms with van der Waals surface area (Å²) >= 11 is 0. The second-order valence-corrected chi connectivity index (χ2v) is 11.6. The van der Waals surface area contributed by atoms with Crippen LogP contribution in [0.2, 0.25) is 0 Å². The van der Waals surface area contributed by atoms with Gasteiger partial charge in [-0.25, -0.2) is 4.79 Å². The zero-order valence-electron chi connectivity index (χ0n) is 20.4. The third-order valence-electron chi connectivity index (χ3n) is 5.68. The largest absolute Gasteiger partial charge is 0.461 e. The van der Waals surface area contributed by atoms with Crippen molar-refractivity contribution in [2.24, 2.45) is 5.41 Å². The molecule has 11 heteroatoms. The Morgan fingerprint density at radius 2 is 1.91 bits per heavy atom. The Labute approximate surface area is 199 Å². The predicted molar refractivity (Wildman–Crippen MR) is 127 cm³/mol. The van der Waals surface area contributed by atoms with E-state index in [0.717, 1.165) is 0 Å². The SMILES string of the molecule is CC1=C(C(=O)OCCN(C)C)C(c2cccc([N+](=O)[O-])c2)C(P2(=O)OCC(C)(C)CO2)=C(C)N1. The molecule has 1 unspecified atom stereocenters. The fourth-order valence-electron chi connectivity index (χ4n) is 3.90. The number of nitrogens with zero attached hydrogens (tertiary/aromatic N) is 2. The summed E-state index contributed by atoms with van der Waals surface area (Å²) in [6, 6.07) is 5.94. The van der Waals surface area contributed by atoms with E-state index < -0.39 is 24.4 Å². The summed E-state index contributed by atoms with van der Waals surface area (Å²) in [5.41, 5.74) is 1.20. The minimum Gasteiger partial charge on any atom is -0.461 e. The van der Waals surface area contributed by atoms with E-state index in [0.29, 0.717) is 23.5 Å². The van der Waals surface area contributed by atoms with Crippen LogP contribution >= 0.6 is 7.60 Å². The molecule has 1 aromatic rings. The van der Waals surface area contributed by atoms with E-state index >= 15 is 0 Å². The zero-order valence-corrected chi connectivity index (χ0v) is 21.3. The Morgan fingerprint density at radius 1 is 1.26 bits per heavy atom. The third-order valence-corrected chi connectivity index (χ3v) is 7.80. The number of carbonyl (C=O) groups excluding carboxylic acids is 1. The van der Waals surface area contributed by atoms with Gasteiger partial charge in [-0.2, -0.15) is 0 Å². The summed E-state index contributed by atoms with van der Waals surface area (Å²) in [6.07, 6.45) is 0. The highest BCUT2D eigenvalue weighted by Crippen LogP contribution is 2.66. The lowest BCUT2D eigenvalue weighted by Crippen LogP contribution is -2.34. The van der Waals surface area contributed by atoms with E-state index in [2.05, 4.69) is 5.32 Å². The van der Waals surface area contributed by atoms with Crippen LogP contribution in [-0.2, 0) is 23.1 Å². The molecule has 0 radical (unpaired) electrons. The van der Waals surface area contributed by atoms with E-state index in [1.54, 1.807) is 19.9 Å². The summed E-state index contributed by atoms with van der Waals surface area (Å²) < 4.78 is 31.2. The highest BCUT2D eigenvalue weighted by atomic mass is 31.2. The topological polar surface area (TPSA) is 120 Å². The van der Waals surface area contributed by atoms with Gasteiger partial charge in [0, 0.05) is 35.5 Å². The van der Waals surface area contributed by atoms with Crippen LogP contribution in [0.4, 0.5) is 5.69 Å². The Kier molecular flexibility index (Phi) is 7.67. The van der Waals surface area contributed by atoms with E-state index in [-0.39, 0.29) is 41.8 Å². The molecule has 10 nitrogen and oxygen atoms in total. The number of dihydropyridines is 1. The zero-order chi connectivity index (χ0) is 25.3. The van der Waals surface area contributed by atoms with Crippen LogP contribution in [0.25, 0.3) is 0 Å². The Hall–Kier alpha value is -2.52. The van der Waals surface area contributed by atoms with E-state index in [1.165, 1.54) is 18.2 Å². The Bertz CT molecular complexity index is 1080. The van der Waals surface area contributed by atoms with Crippen LogP contribution in [0.3, 0.4) is 0 Å². The van der Waals surface area contributed by atoms with Gasteiger partial charge in [-0.1, -0.05) is 26.0 Å². The molecule has 2 aliphatic rings. The first-order valence-electron chi connectivity index (χ1n) is 11.0. The summed E-state index contributed by atoms with van der Waals surface area (Å²) in [4.78, 5) is 26.1. The molecule has 2 aliphatic heterocycles. The number of nitrogens with one attached hydrogen (secondary N) is 1. The van der Waals surface area contributed by atoms with Crippen molar-refractivity contribution in [3.8, 4) is 0 Å². The van der Waals surface area contributed by atoms with Crippen LogP contribution in [0.1, 0.15) is 39.2 Å². The maximum absolute atomic E-state index is 14.0. The highest BCUT2D eigenvalue weighted by Gasteiger charge is 2.48. The number of ether oxygens (including phenoxy) is 1. The number of esters is 1. The van der Waals surface area contributed by atoms with Crippen molar-refractivity contribution in [2.75, 3.05) is 40.5 Å². The molecule has 0 aliphatic carbocycles. The summed E-state index contributed by atoms with van der Waals surface area (Å²) in [7, 11) is -0.108. The lowest BCUT2D eigenvalue weighted by Gasteiger charge is -2.39. The first kappa shape index (κ1) is 26.1. The number of carbonyl (C=O) groups is 1. The van der Waals surface area contributed by atoms with Crippen LogP contribution in [0.15, 0.2) is 46.5 Å². The van der Waals surface area contributed by atoms with Crippen molar-refractivity contribution < 1.29 is 28.1 Å². The Balaban J connectivity index is 2.11. The van der Waals surface area contributed by atoms with Gasteiger partial charge in [0.1, 0.15) is 6.61 Å². The number of allylic oxidation sites excluding steroid dienone is 3. The standard InChI is InChI=1S/C23H32N3O7P/c1-15-19(22(27)31-11-10-25(5)6)20(17-8-7-9-18(12-17)26(28)29)21(16(2)24-15)34(30)32-13-23(3,4)14-33-34/h7-9,12,20,24H,10-11,13-14H2,1-6H3. The minimum atomic E-state index is -3.83. The van der Waals surface area contributed by atoms with E-state index in [1.807, 2.05) is 32.8 Å². The fourth-order valence-corrected chi connectivity index (χ4v) is 6.35. The highest BCUT2D eigenvalue weighted by molar-refractivity contribution is 7.58. The lowest BCUT2D eigenvalue weighted by atomic mass is 9.86. The molecule has 1 fully saturated rings. The number of nitro benzene ring substituents is 1. The van der Waals surface area contributed by atoms with Gasteiger partial charge in [0.15, 0.2) is 0 Å². The van der Waals surface area contributed by atoms with Gasteiger partial charge in [0.2, 0.25) is 0 Å². The second kappa shape index (κ2) is 10.00. The molecule has 0 amide bonds. The van der Waals surface area contributed by atoms with Crippen LogP contribution in [0.5, 0.6) is 0 Å². The second-order valence-electron chi connectivity index (χ2n) is 9.61. The van der Waals surface area contributed by atoms with Crippen molar-refractivity contribution in [1.29, 1.82) is 0 Å². The average molecular weight is 493 g/mol. The maximum atomic E-state index is 14.0. The van der Waals surface area contributed by atoms with Gasteiger partial charge in [-0.15, -0.1) is 0 Å². The van der Waals surface area contributed by atoms with Gasteiger partial charge in [0.25, 0.3) is 5.69 Å². The molecule has 0 saturated carbocycles. The van der Waals surface area contributed by atoms with Gasteiger partial charge < -0.3 is 24.0 Å². The molecule has 34 heavy (non-hydrogen) atoms. The molecule has 3 rings (SSSR count). The molecule has 0 aromatic heterocycles. The summed E-state index contributed by atoms with van der Waals surface area (Å²) in [5, 5.41) is 14.9. The molecular formula is C23H32N3O7P. The number of non-ortho nitro benzene ring substituents is 1. The molecule has 1 aromatic carbocycles. The molecule has 0 bridgehead atoms. The number of likely N-dealkylation sites (N-methyl/N-ethyl adjacent to an activating group) is 1. The molecule has 2 heterocycles. The van der Waals surface area contributed by atoms with E-state index in [9.17, 15) is 19.5 Å². The van der Waals surface area contributed by atoms with Gasteiger partial charge in [-0.05, 0) is 33.5 Å². The normalized spacial score (nSPS) is 21.9. The Morgan fingerprint density at radius 3 is 2.50 bits per heavy atom. The number of rotatable bonds is 7. The number of hydrogen-bond donors (Lipinski definition) is 1. The van der Waals surface area contributed by atoms with Crippen molar-refractivity contribution in [2.45, 2.75) is 33.6 Å². The van der Waals surface area contributed by atoms with Crippen molar-refractivity contribution in [3.05, 3.63) is 62.2 Å². The molecule has 0 spiro atoms.